The standard InChI is InChI=1S/C12H9Br2N3S/c1-6-3-2-4-17-11(15)9(16-12(6)17)8-5-7(13)10(14)18-8/h2-5H,15H2,1H3. The Kier molecular flexibility index (Phi) is 2.96. The highest BCUT2D eigenvalue weighted by Crippen LogP contribution is 2.40. The Morgan fingerprint density at radius 2 is 2.17 bits per heavy atom. The quantitative estimate of drug-likeness (QED) is 0.670. The molecular weight excluding hydrogens is 378 g/mol. The minimum atomic E-state index is 0.676. The number of nitrogens with two attached hydrogens (primary N) is 1. The molecule has 0 aliphatic rings. The number of anilines is 1. The number of pyridine rings is 1. The highest BCUT2D eigenvalue weighted by Gasteiger charge is 2.15. The van der Waals surface area contributed by atoms with Gasteiger partial charge in [0, 0.05) is 10.7 Å². The SMILES string of the molecule is Cc1cccn2c(N)c(-c3cc(Br)c(Br)s3)nc12. The van der Waals surface area contributed by atoms with Gasteiger partial charge < -0.3 is 5.73 Å². The van der Waals surface area contributed by atoms with Crippen LogP contribution in [-0.4, -0.2) is 9.38 Å². The zero-order valence-electron chi connectivity index (χ0n) is 9.45. The summed E-state index contributed by atoms with van der Waals surface area (Å²) >= 11 is 8.59. The van der Waals surface area contributed by atoms with E-state index in [1.807, 2.05) is 35.7 Å². The number of fused-ring (bicyclic) bond motifs is 1. The molecular formula is C12H9Br2N3S. The summed E-state index contributed by atoms with van der Waals surface area (Å²) in [4.78, 5) is 5.69. The number of hydrogen-bond acceptors (Lipinski definition) is 3. The summed E-state index contributed by atoms with van der Waals surface area (Å²) in [5, 5.41) is 0. The number of aryl methyl sites for hydroxylation is 1. The number of nitrogen functional groups attached to an aromatic ring is 1. The first-order valence-corrected chi connectivity index (χ1v) is 7.66. The minimum Gasteiger partial charge on any atom is -0.383 e. The van der Waals surface area contributed by atoms with E-state index in [9.17, 15) is 0 Å². The Balaban J connectivity index is 2.30. The van der Waals surface area contributed by atoms with E-state index in [2.05, 4.69) is 36.8 Å². The second-order valence-electron chi connectivity index (χ2n) is 3.96. The van der Waals surface area contributed by atoms with Gasteiger partial charge in [-0.25, -0.2) is 4.98 Å². The lowest BCUT2D eigenvalue weighted by Crippen LogP contribution is -1.93. The van der Waals surface area contributed by atoms with E-state index in [0.29, 0.717) is 5.82 Å². The van der Waals surface area contributed by atoms with Crippen LogP contribution >= 0.6 is 43.2 Å². The zero-order valence-corrected chi connectivity index (χ0v) is 13.4. The Morgan fingerprint density at radius 3 is 2.78 bits per heavy atom. The number of rotatable bonds is 1. The molecule has 0 saturated carbocycles. The second-order valence-corrected chi connectivity index (χ2v) is 7.19. The van der Waals surface area contributed by atoms with E-state index < -0.39 is 0 Å². The zero-order chi connectivity index (χ0) is 12.9. The third-order valence-electron chi connectivity index (χ3n) is 2.76. The molecule has 3 rings (SSSR count). The van der Waals surface area contributed by atoms with Gasteiger partial charge in [0.1, 0.15) is 17.2 Å². The van der Waals surface area contributed by atoms with E-state index in [1.54, 1.807) is 11.3 Å². The Morgan fingerprint density at radius 1 is 1.39 bits per heavy atom. The predicted molar refractivity (Wildman–Crippen MR) is 83.1 cm³/mol. The van der Waals surface area contributed by atoms with Crippen LogP contribution in [0.25, 0.3) is 16.2 Å². The summed E-state index contributed by atoms with van der Waals surface area (Å²) in [6.45, 7) is 2.03. The maximum absolute atomic E-state index is 6.18. The lowest BCUT2D eigenvalue weighted by Gasteiger charge is -1.97. The number of aromatic nitrogens is 2. The molecule has 0 atom stereocenters. The van der Waals surface area contributed by atoms with Crippen LogP contribution in [0.5, 0.6) is 0 Å². The molecule has 0 spiro atoms. The monoisotopic (exact) mass is 385 g/mol. The van der Waals surface area contributed by atoms with Gasteiger partial charge in [-0.1, -0.05) is 6.07 Å². The maximum atomic E-state index is 6.18. The largest absolute Gasteiger partial charge is 0.383 e. The van der Waals surface area contributed by atoms with Crippen LogP contribution < -0.4 is 5.73 Å². The van der Waals surface area contributed by atoms with Crippen LogP contribution in [0.1, 0.15) is 5.56 Å². The van der Waals surface area contributed by atoms with Crippen molar-refractivity contribution in [2.24, 2.45) is 0 Å². The average Bonchev–Trinajstić information content (AvgIpc) is 2.83. The van der Waals surface area contributed by atoms with Crippen LogP contribution in [0.15, 0.2) is 32.7 Å². The number of nitrogens with zero attached hydrogens (tertiary/aromatic N) is 2. The highest BCUT2D eigenvalue weighted by molar-refractivity contribution is 9.13. The topological polar surface area (TPSA) is 43.3 Å². The minimum absolute atomic E-state index is 0.676. The number of thiophene rings is 1. The molecule has 0 unspecified atom stereocenters. The van der Waals surface area contributed by atoms with Gasteiger partial charge in [-0.2, -0.15) is 0 Å². The molecule has 92 valence electrons. The average molecular weight is 387 g/mol. The summed E-state index contributed by atoms with van der Waals surface area (Å²) in [6.07, 6.45) is 1.94. The molecule has 2 N–H and O–H groups in total. The van der Waals surface area contributed by atoms with E-state index >= 15 is 0 Å². The summed E-state index contributed by atoms with van der Waals surface area (Å²) in [6, 6.07) is 6.04. The van der Waals surface area contributed by atoms with E-state index in [1.165, 1.54) is 0 Å². The molecule has 0 amide bonds. The number of hydrogen-bond donors (Lipinski definition) is 1. The van der Waals surface area contributed by atoms with Crippen molar-refractivity contribution in [1.29, 1.82) is 0 Å². The molecule has 0 aromatic carbocycles. The molecule has 3 aromatic rings. The summed E-state index contributed by atoms with van der Waals surface area (Å²) in [5.74, 6) is 0.676. The predicted octanol–water partition coefficient (Wildman–Crippen LogP) is 4.48. The summed E-state index contributed by atoms with van der Waals surface area (Å²) < 4.78 is 3.99. The molecule has 0 saturated heterocycles. The third kappa shape index (κ3) is 1.79. The van der Waals surface area contributed by atoms with Crippen molar-refractivity contribution in [3.63, 3.8) is 0 Å². The smallest absolute Gasteiger partial charge is 0.142 e. The third-order valence-corrected chi connectivity index (χ3v) is 6.02. The van der Waals surface area contributed by atoms with Crippen LogP contribution in [0, 0.1) is 6.92 Å². The molecule has 18 heavy (non-hydrogen) atoms. The molecule has 0 fully saturated rings. The fraction of sp³-hybridized carbons (Fsp3) is 0.0833. The maximum Gasteiger partial charge on any atom is 0.142 e. The van der Waals surface area contributed by atoms with E-state index in [4.69, 9.17) is 5.73 Å². The first-order valence-electron chi connectivity index (χ1n) is 5.26. The first kappa shape index (κ1) is 12.2. The van der Waals surface area contributed by atoms with Crippen molar-refractivity contribution in [1.82, 2.24) is 9.38 Å². The summed E-state index contributed by atoms with van der Waals surface area (Å²) in [5.41, 5.74) is 9.03. The van der Waals surface area contributed by atoms with Gasteiger partial charge in [-0.15, -0.1) is 11.3 Å². The normalized spacial score (nSPS) is 11.3. The molecule has 3 heterocycles. The first-order chi connectivity index (χ1) is 8.58. The van der Waals surface area contributed by atoms with Crippen molar-refractivity contribution in [2.45, 2.75) is 6.92 Å². The molecule has 0 bridgehead atoms. The molecule has 3 nitrogen and oxygen atoms in total. The van der Waals surface area contributed by atoms with Gasteiger partial charge in [0.15, 0.2) is 0 Å². The van der Waals surface area contributed by atoms with Gasteiger partial charge in [-0.05, 0) is 56.5 Å². The van der Waals surface area contributed by atoms with Crippen LogP contribution in [-0.2, 0) is 0 Å². The van der Waals surface area contributed by atoms with Crippen molar-refractivity contribution < 1.29 is 0 Å². The number of imidazole rings is 1. The van der Waals surface area contributed by atoms with Crippen LogP contribution in [0.4, 0.5) is 5.82 Å². The van der Waals surface area contributed by atoms with Gasteiger partial charge in [-0.3, -0.25) is 4.40 Å². The van der Waals surface area contributed by atoms with Crippen molar-refractivity contribution in [3.05, 3.63) is 38.2 Å². The van der Waals surface area contributed by atoms with Gasteiger partial charge in [0.25, 0.3) is 0 Å². The van der Waals surface area contributed by atoms with Crippen molar-refractivity contribution in [2.75, 3.05) is 5.73 Å². The molecule has 6 heteroatoms. The lowest BCUT2D eigenvalue weighted by molar-refractivity contribution is 1.17. The lowest BCUT2D eigenvalue weighted by atomic mass is 10.3. The molecule has 0 aliphatic carbocycles. The van der Waals surface area contributed by atoms with Gasteiger partial charge in [0.05, 0.1) is 8.66 Å². The van der Waals surface area contributed by atoms with E-state index in [0.717, 1.165) is 30.0 Å². The molecule has 3 aromatic heterocycles. The Labute approximate surface area is 125 Å². The fourth-order valence-electron chi connectivity index (χ4n) is 1.87. The van der Waals surface area contributed by atoms with Crippen LogP contribution in [0.3, 0.4) is 0 Å². The van der Waals surface area contributed by atoms with Crippen molar-refractivity contribution in [3.8, 4) is 10.6 Å². The van der Waals surface area contributed by atoms with Gasteiger partial charge >= 0.3 is 0 Å². The Bertz CT molecular complexity index is 726. The summed E-state index contributed by atoms with van der Waals surface area (Å²) in [7, 11) is 0. The fourth-order valence-corrected chi connectivity index (χ4v) is 3.90. The van der Waals surface area contributed by atoms with Gasteiger partial charge in [0.2, 0.25) is 0 Å². The molecule has 0 aliphatic heterocycles. The van der Waals surface area contributed by atoms with E-state index in [-0.39, 0.29) is 0 Å². The molecule has 0 radical (unpaired) electrons. The van der Waals surface area contributed by atoms with Crippen LogP contribution in [0.2, 0.25) is 0 Å². The number of halogens is 2. The highest BCUT2D eigenvalue weighted by atomic mass is 79.9. The second kappa shape index (κ2) is 4.36. The Hall–Kier alpha value is -0.850. The van der Waals surface area contributed by atoms with Crippen molar-refractivity contribution >= 4 is 54.7 Å².